The first-order valence-electron chi connectivity index (χ1n) is 6.67. The standard InChI is InChI=1S/C15H19ClO4/c1-2-10-19-14(17)4-3-5-15(18)20-11-12-6-8-13(16)9-7-12/h6-9H,2-5,10-11H2,1H3. The Balaban J connectivity index is 2.14. The third-order valence-corrected chi connectivity index (χ3v) is 2.79. The summed E-state index contributed by atoms with van der Waals surface area (Å²) in [7, 11) is 0. The molecule has 0 radical (unpaired) electrons. The van der Waals surface area contributed by atoms with Crippen molar-refractivity contribution >= 4 is 23.5 Å². The molecule has 0 amide bonds. The first-order chi connectivity index (χ1) is 9.61. The van der Waals surface area contributed by atoms with Crippen molar-refractivity contribution in [3.63, 3.8) is 0 Å². The molecule has 0 fully saturated rings. The summed E-state index contributed by atoms with van der Waals surface area (Å²) < 4.78 is 10.0. The molecule has 0 saturated heterocycles. The fourth-order valence-electron chi connectivity index (χ4n) is 1.48. The molecule has 1 rings (SSSR count). The zero-order chi connectivity index (χ0) is 14.8. The van der Waals surface area contributed by atoms with Gasteiger partial charge in [0.05, 0.1) is 6.61 Å². The van der Waals surface area contributed by atoms with Gasteiger partial charge in [-0.05, 0) is 30.5 Å². The summed E-state index contributed by atoms with van der Waals surface area (Å²) in [6.45, 7) is 2.58. The Hall–Kier alpha value is -1.55. The highest BCUT2D eigenvalue weighted by Crippen LogP contribution is 2.11. The minimum atomic E-state index is -0.316. The van der Waals surface area contributed by atoms with Gasteiger partial charge in [-0.3, -0.25) is 9.59 Å². The van der Waals surface area contributed by atoms with Crippen LogP contribution >= 0.6 is 11.6 Å². The molecule has 110 valence electrons. The summed E-state index contributed by atoms with van der Waals surface area (Å²) in [5.41, 5.74) is 0.880. The third-order valence-electron chi connectivity index (χ3n) is 2.54. The lowest BCUT2D eigenvalue weighted by Crippen LogP contribution is -2.08. The number of benzene rings is 1. The van der Waals surface area contributed by atoms with Crippen LogP contribution in [0.1, 0.15) is 38.2 Å². The molecule has 0 unspecified atom stereocenters. The number of carbonyl (C=O) groups excluding carboxylic acids is 2. The quantitative estimate of drug-likeness (QED) is 0.689. The molecule has 0 aliphatic carbocycles. The highest BCUT2D eigenvalue weighted by molar-refractivity contribution is 6.30. The molecule has 4 nitrogen and oxygen atoms in total. The maximum atomic E-state index is 11.5. The number of hydrogen-bond donors (Lipinski definition) is 0. The van der Waals surface area contributed by atoms with E-state index in [1.807, 2.05) is 6.92 Å². The Morgan fingerprint density at radius 2 is 1.65 bits per heavy atom. The van der Waals surface area contributed by atoms with Gasteiger partial charge in [-0.2, -0.15) is 0 Å². The van der Waals surface area contributed by atoms with Crippen molar-refractivity contribution in [2.45, 2.75) is 39.2 Å². The average Bonchev–Trinajstić information content (AvgIpc) is 2.44. The van der Waals surface area contributed by atoms with Crippen LogP contribution < -0.4 is 0 Å². The van der Waals surface area contributed by atoms with E-state index >= 15 is 0 Å². The van der Waals surface area contributed by atoms with Gasteiger partial charge in [0.1, 0.15) is 6.61 Å². The van der Waals surface area contributed by atoms with Gasteiger partial charge in [-0.15, -0.1) is 0 Å². The normalized spacial score (nSPS) is 10.1. The predicted molar refractivity (Wildman–Crippen MR) is 76.3 cm³/mol. The highest BCUT2D eigenvalue weighted by Gasteiger charge is 2.07. The van der Waals surface area contributed by atoms with Gasteiger partial charge in [-0.1, -0.05) is 30.7 Å². The molecule has 5 heteroatoms. The van der Waals surface area contributed by atoms with Gasteiger partial charge in [-0.25, -0.2) is 0 Å². The summed E-state index contributed by atoms with van der Waals surface area (Å²) in [5.74, 6) is -0.583. The smallest absolute Gasteiger partial charge is 0.306 e. The van der Waals surface area contributed by atoms with Crippen molar-refractivity contribution in [1.82, 2.24) is 0 Å². The molecule has 0 spiro atoms. The van der Waals surface area contributed by atoms with E-state index in [0.717, 1.165) is 12.0 Å². The van der Waals surface area contributed by atoms with Gasteiger partial charge < -0.3 is 9.47 Å². The molecule has 0 aliphatic heterocycles. The van der Waals surface area contributed by atoms with E-state index in [-0.39, 0.29) is 31.4 Å². The van der Waals surface area contributed by atoms with Crippen molar-refractivity contribution in [2.75, 3.05) is 6.61 Å². The van der Waals surface area contributed by atoms with E-state index < -0.39 is 0 Å². The van der Waals surface area contributed by atoms with E-state index in [0.29, 0.717) is 18.1 Å². The van der Waals surface area contributed by atoms with E-state index in [4.69, 9.17) is 21.1 Å². The SMILES string of the molecule is CCCOC(=O)CCCC(=O)OCc1ccc(Cl)cc1. The molecule has 0 aliphatic rings. The largest absolute Gasteiger partial charge is 0.466 e. The Morgan fingerprint density at radius 3 is 2.25 bits per heavy atom. The van der Waals surface area contributed by atoms with Crippen molar-refractivity contribution in [3.05, 3.63) is 34.9 Å². The Bertz CT molecular complexity index is 428. The van der Waals surface area contributed by atoms with Crippen LogP contribution in [0.15, 0.2) is 24.3 Å². The van der Waals surface area contributed by atoms with Crippen molar-refractivity contribution in [3.8, 4) is 0 Å². The summed E-state index contributed by atoms with van der Waals surface area (Å²) >= 11 is 5.76. The van der Waals surface area contributed by atoms with Crippen LogP contribution in [0.3, 0.4) is 0 Å². The minimum absolute atomic E-state index is 0.217. The summed E-state index contributed by atoms with van der Waals surface area (Å²) in [6, 6.07) is 7.10. The molecule has 0 saturated carbocycles. The topological polar surface area (TPSA) is 52.6 Å². The molecular formula is C15H19ClO4. The monoisotopic (exact) mass is 298 g/mol. The lowest BCUT2D eigenvalue weighted by Gasteiger charge is -2.05. The molecule has 1 aromatic rings. The Labute approximate surface area is 124 Å². The number of halogens is 1. The first-order valence-corrected chi connectivity index (χ1v) is 7.05. The van der Waals surface area contributed by atoms with Gasteiger partial charge in [0, 0.05) is 17.9 Å². The number of esters is 2. The fraction of sp³-hybridized carbons (Fsp3) is 0.467. The van der Waals surface area contributed by atoms with E-state index in [1.54, 1.807) is 24.3 Å². The van der Waals surface area contributed by atoms with Crippen LogP contribution in [0.2, 0.25) is 5.02 Å². The van der Waals surface area contributed by atoms with Crippen LogP contribution in [0.5, 0.6) is 0 Å². The second-order valence-electron chi connectivity index (χ2n) is 4.36. The van der Waals surface area contributed by atoms with Crippen molar-refractivity contribution in [1.29, 1.82) is 0 Å². The minimum Gasteiger partial charge on any atom is -0.466 e. The van der Waals surface area contributed by atoms with E-state index in [9.17, 15) is 9.59 Å². The van der Waals surface area contributed by atoms with Gasteiger partial charge in [0.15, 0.2) is 0 Å². The third kappa shape index (κ3) is 7.14. The Morgan fingerprint density at radius 1 is 1.05 bits per heavy atom. The van der Waals surface area contributed by atoms with E-state index in [1.165, 1.54) is 0 Å². The van der Waals surface area contributed by atoms with Gasteiger partial charge >= 0.3 is 11.9 Å². The number of rotatable bonds is 8. The molecule has 0 heterocycles. The number of carbonyl (C=O) groups is 2. The maximum absolute atomic E-state index is 11.5. The summed E-state index contributed by atoms with van der Waals surface area (Å²) in [5, 5.41) is 0.644. The van der Waals surface area contributed by atoms with Crippen LogP contribution in [0.4, 0.5) is 0 Å². The summed E-state index contributed by atoms with van der Waals surface area (Å²) in [4.78, 5) is 22.7. The van der Waals surface area contributed by atoms with Crippen LogP contribution in [0, 0.1) is 0 Å². The van der Waals surface area contributed by atoms with Crippen LogP contribution in [0.25, 0.3) is 0 Å². The van der Waals surface area contributed by atoms with Gasteiger partial charge in [0.2, 0.25) is 0 Å². The van der Waals surface area contributed by atoms with Crippen molar-refractivity contribution in [2.24, 2.45) is 0 Å². The zero-order valence-electron chi connectivity index (χ0n) is 11.6. The predicted octanol–water partition coefficient (Wildman–Crippen LogP) is 3.51. The second kappa shape index (κ2) is 9.37. The molecular weight excluding hydrogens is 280 g/mol. The molecule has 0 atom stereocenters. The molecule has 0 aromatic heterocycles. The fourth-order valence-corrected chi connectivity index (χ4v) is 1.61. The molecule has 0 N–H and O–H groups in total. The zero-order valence-corrected chi connectivity index (χ0v) is 12.3. The maximum Gasteiger partial charge on any atom is 0.306 e. The molecule has 20 heavy (non-hydrogen) atoms. The lowest BCUT2D eigenvalue weighted by atomic mass is 10.2. The molecule has 1 aromatic carbocycles. The Kier molecular flexibility index (Phi) is 7.73. The van der Waals surface area contributed by atoms with Crippen LogP contribution in [-0.2, 0) is 25.7 Å². The molecule has 0 bridgehead atoms. The highest BCUT2D eigenvalue weighted by atomic mass is 35.5. The number of ether oxygens (including phenoxy) is 2. The van der Waals surface area contributed by atoms with Crippen molar-refractivity contribution < 1.29 is 19.1 Å². The van der Waals surface area contributed by atoms with Gasteiger partial charge in [0.25, 0.3) is 0 Å². The number of hydrogen-bond acceptors (Lipinski definition) is 4. The lowest BCUT2D eigenvalue weighted by molar-refractivity contribution is -0.146. The van der Waals surface area contributed by atoms with Crippen LogP contribution in [-0.4, -0.2) is 18.5 Å². The average molecular weight is 299 g/mol. The first kappa shape index (κ1) is 16.5. The second-order valence-corrected chi connectivity index (χ2v) is 4.80. The van der Waals surface area contributed by atoms with E-state index in [2.05, 4.69) is 0 Å². The summed E-state index contributed by atoms with van der Waals surface area (Å²) in [6.07, 6.45) is 1.71.